The Hall–Kier alpha value is -1.75. The highest BCUT2D eigenvalue weighted by Gasteiger charge is 2.28. The third-order valence-corrected chi connectivity index (χ3v) is 4.46. The SMILES string of the molecule is Cc1cc(-c2ccnn2C)nc(C2CCCCN2C(C)C)n1. The molecular formula is C17H25N5. The van der Waals surface area contributed by atoms with Gasteiger partial charge in [0.05, 0.1) is 17.4 Å². The zero-order valence-electron chi connectivity index (χ0n) is 14.0. The molecule has 1 aliphatic rings. The number of hydrogen-bond donors (Lipinski definition) is 0. The summed E-state index contributed by atoms with van der Waals surface area (Å²) >= 11 is 0. The average Bonchev–Trinajstić information content (AvgIpc) is 2.92. The fourth-order valence-corrected chi connectivity index (χ4v) is 3.35. The average molecular weight is 299 g/mol. The molecule has 22 heavy (non-hydrogen) atoms. The number of rotatable bonds is 3. The van der Waals surface area contributed by atoms with Crippen molar-refractivity contribution in [2.75, 3.05) is 6.54 Å². The van der Waals surface area contributed by atoms with Crippen LogP contribution in [-0.4, -0.2) is 37.2 Å². The van der Waals surface area contributed by atoms with Gasteiger partial charge in [-0.15, -0.1) is 0 Å². The minimum absolute atomic E-state index is 0.334. The van der Waals surface area contributed by atoms with Crippen LogP contribution in [0.4, 0.5) is 0 Å². The molecule has 1 unspecified atom stereocenters. The van der Waals surface area contributed by atoms with Crippen LogP contribution in [0.1, 0.15) is 50.7 Å². The van der Waals surface area contributed by atoms with Crippen molar-refractivity contribution in [2.24, 2.45) is 7.05 Å². The summed E-state index contributed by atoms with van der Waals surface area (Å²) in [6, 6.07) is 4.91. The molecule has 0 amide bonds. The van der Waals surface area contributed by atoms with E-state index in [2.05, 4.69) is 23.8 Å². The first-order valence-corrected chi connectivity index (χ1v) is 8.16. The van der Waals surface area contributed by atoms with E-state index in [4.69, 9.17) is 9.97 Å². The molecule has 0 aromatic carbocycles. The van der Waals surface area contributed by atoms with Gasteiger partial charge in [0.2, 0.25) is 0 Å². The number of likely N-dealkylation sites (tertiary alicyclic amines) is 1. The molecule has 3 rings (SSSR count). The van der Waals surface area contributed by atoms with Gasteiger partial charge in [0.25, 0.3) is 0 Å². The van der Waals surface area contributed by atoms with Crippen molar-refractivity contribution < 1.29 is 0 Å². The van der Waals surface area contributed by atoms with Crippen LogP contribution in [0, 0.1) is 6.92 Å². The zero-order valence-corrected chi connectivity index (χ0v) is 14.0. The van der Waals surface area contributed by atoms with Gasteiger partial charge in [-0.2, -0.15) is 5.10 Å². The van der Waals surface area contributed by atoms with Gasteiger partial charge in [0.15, 0.2) is 0 Å². The van der Waals surface area contributed by atoms with Gasteiger partial charge in [0.1, 0.15) is 5.82 Å². The predicted molar refractivity (Wildman–Crippen MR) is 87.4 cm³/mol. The molecule has 2 aromatic heterocycles. The Bertz CT molecular complexity index is 646. The Morgan fingerprint density at radius 1 is 1.23 bits per heavy atom. The summed E-state index contributed by atoms with van der Waals surface area (Å²) in [6.45, 7) is 7.71. The van der Waals surface area contributed by atoms with Crippen molar-refractivity contribution in [3.8, 4) is 11.4 Å². The summed E-state index contributed by atoms with van der Waals surface area (Å²) in [4.78, 5) is 12.2. The standard InChI is InChI=1S/C17H25N5/c1-12(2)22-10-6-5-7-16(22)17-19-13(3)11-14(20-17)15-8-9-18-21(15)4/h8-9,11-12,16H,5-7,10H2,1-4H3. The molecule has 5 heteroatoms. The molecule has 0 bridgehead atoms. The van der Waals surface area contributed by atoms with Crippen LogP contribution in [-0.2, 0) is 7.05 Å². The van der Waals surface area contributed by atoms with E-state index in [9.17, 15) is 0 Å². The Balaban J connectivity index is 2.00. The van der Waals surface area contributed by atoms with Crippen LogP contribution < -0.4 is 0 Å². The maximum Gasteiger partial charge on any atom is 0.146 e. The molecule has 0 radical (unpaired) electrons. The first kappa shape index (κ1) is 15.2. The first-order valence-electron chi connectivity index (χ1n) is 8.16. The van der Waals surface area contributed by atoms with E-state index in [1.54, 1.807) is 0 Å². The van der Waals surface area contributed by atoms with Crippen LogP contribution in [0.2, 0.25) is 0 Å². The number of aryl methyl sites for hydroxylation is 2. The maximum atomic E-state index is 4.88. The van der Waals surface area contributed by atoms with Gasteiger partial charge in [-0.25, -0.2) is 9.97 Å². The number of piperidine rings is 1. The molecule has 1 atom stereocenters. The van der Waals surface area contributed by atoms with Crippen molar-refractivity contribution >= 4 is 0 Å². The van der Waals surface area contributed by atoms with Crippen LogP contribution in [0.15, 0.2) is 18.3 Å². The predicted octanol–water partition coefficient (Wildman–Crippen LogP) is 3.12. The molecule has 0 aliphatic carbocycles. The van der Waals surface area contributed by atoms with Gasteiger partial charge >= 0.3 is 0 Å². The van der Waals surface area contributed by atoms with E-state index in [0.29, 0.717) is 12.1 Å². The molecule has 0 spiro atoms. The third-order valence-electron chi connectivity index (χ3n) is 4.46. The van der Waals surface area contributed by atoms with Crippen LogP contribution in [0.3, 0.4) is 0 Å². The molecule has 1 aliphatic heterocycles. The second-order valence-corrected chi connectivity index (χ2v) is 6.44. The second-order valence-electron chi connectivity index (χ2n) is 6.44. The lowest BCUT2D eigenvalue weighted by Gasteiger charge is -2.37. The molecule has 2 aromatic rings. The maximum absolute atomic E-state index is 4.88. The molecule has 118 valence electrons. The lowest BCUT2D eigenvalue weighted by Crippen LogP contribution is -2.39. The minimum atomic E-state index is 0.334. The molecule has 0 N–H and O–H groups in total. The van der Waals surface area contributed by atoms with Crippen molar-refractivity contribution in [3.63, 3.8) is 0 Å². The molecule has 5 nitrogen and oxygen atoms in total. The lowest BCUT2D eigenvalue weighted by atomic mass is 9.99. The van der Waals surface area contributed by atoms with E-state index in [0.717, 1.165) is 35.9 Å². The highest BCUT2D eigenvalue weighted by Crippen LogP contribution is 2.31. The number of nitrogens with zero attached hydrogens (tertiary/aromatic N) is 5. The third kappa shape index (κ3) is 2.90. The van der Waals surface area contributed by atoms with E-state index < -0.39 is 0 Å². The van der Waals surface area contributed by atoms with Gasteiger partial charge in [-0.1, -0.05) is 6.42 Å². The monoisotopic (exact) mass is 299 g/mol. The molecule has 1 saturated heterocycles. The summed E-state index contributed by atoms with van der Waals surface area (Å²) < 4.78 is 1.87. The van der Waals surface area contributed by atoms with Gasteiger partial charge in [-0.05, 0) is 52.3 Å². The Morgan fingerprint density at radius 3 is 2.73 bits per heavy atom. The summed E-state index contributed by atoms with van der Waals surface area (Å²) in [5.74, 6) is 0.963. The normalized spacial score (nSPS) is 19.8. The Labute approximate surface area is 132 Å². The Kier molecular flexibility index (Phi) is 4.25. The summed E-state index contributed by atoms with van der Waals surface area (Å²) in [5, 5.41) is 4.25. The van der Waals surface area contributed by atoms with Crippen molar-refractivity contribution in [3.05, 3.63) is 29.8 Å². The highest BCUT2D eigenvalue weighted by atomic mass is 15.3. The second kappa shape index (κ2) is 6.16. The Morgan fingerprint density at radius 2 is 2.05 bits per heavy atom. The van der Waals surface area contributed by atoms with Crippen molar-refractivity contribution in [2.45, 2.75) is 52.1 Å². The first-order chi connectivity index (χ1) is 10.6. The van der Waals surface area contributed by atoms with E-state index in [-0.39, 0.29) is 0 Å². The van der Waals surface area contributed by atoms with Gasteiger partial charge in [0, 0.05) is 25.0 Å². The molecular weight excluding hydrogens is 274 g/mol. The topological polar surface area (TPSA) is 46.8 Å². The number of aromatic nitrogens is 4. The fourth-order valence-electron chi connectivity index (χ4n) is 3.35. The van der Waals surface area contributed by atoms with Crippen molar-refractivity contribution in [1.82, 2.24) is 24.6 Å². The fraction of sp³-hybridized carbons (Fsp3) is 0.588. The summed E-state index contributed by atoms with van der Waals surface area (Å²) in [6.07, 6.45) is 5.49. The smallest absolute Gasteiger partial charge is 0.146 e. The number of hydrogen-bond acceptors (Lipinski definition) is 4. The summed E-state index contributed by atoms with van der Waals surface area (Å²) in [5.41, 5.74) is 3.03. The van der Waals surface area contributed by atoms with Crippen LogP contribution in [0.5, 0.6) is 0 Å². The van der Waals surface area contributed by atoms with Crippen LogP contribution in [0.25, 0.3) is 11.4 Å². The quantitative estimate of drug-likeness (QED) is 0.873. The van der Waals surface area contributed by atoms with E-state index in [1.165, 1.54) is 12.8 Å². The largest absolute Gasteiger partial charge is 0.291 e. The van der Waals surface area contributed by atoms with Gasteiger partial charge < -0.3 is 0 Å². The molecule has 0 saturated carbocycles. The lowest BCUT2D eigenvalue weighted by molar-refractivity contribution is 0.106. The van der Waals surface area contributed by atoms with Gasteiger partial charge in [-0.3, -0.25) is 9.58 Å². The van der Waals surface area contributed by atoms with E-state index >= 15 is 0 Å². The van der Waals surface area contributed by atoms with Crippen molar-refractivity contribution in [1.29, 1.82) is 0 Å². The minimum Gasteiger partial charge on any atom is -0.291 e. The van der Waals surface area contributed by atoms with E-state index in [1.807, 2.05) is 37.0 Å². The zero-order chi connectivity index (χ0) is 15.7. The molecule has 3 heterocycles. The van der Waals surface area contributed by atoms with Crippen LogP contribution >= 0.6 is 0 Å². The molecule has 1 fully saturated rings. The highest BCUT2D eigenvalue weighted by molar-refractivity contribution is 5.54. The summed E-state index contributed by atoms with van der Waals surface area (Å²) in [7, 11) is 1.95.